The molecule has 1 N–H and O–H groups in total. The highest BCUT2D eigenvalue weighted by molar-refractivity contribution is 5.26. The van der Waals surface area contributed by atoms with Crippen LogP contribution in [-0.4, -0.2) is 32.6 Å². The number of hydrogen-bond acceptors (Lipinski definition) is 2. The number of halogens is 1. The zero-order valence-electron chi connectivity index (χ0n) is 9.84. The van der Waals surface area contributed by atoms with Crippen LogP contribution in [0.15, 0.2) is 18.2 Å². The first-order valence-corrected chi connectivity index (χ1v) is 5.12. The molecule has 0 aromatic heterocycles. The van der Waals surface area contributed by atoms with E-state index in [1.807, 2.05) is 33.3 Å². The lowest BCUT2D eigenvalue weighted by Gasteiger charge is -2.21. The first kappa shape index (κ1) is 12.1. The number of benzene rings is 1. The molecule has 1 unspecified atom stereocenters. The Morgan fingerprint density at radius 3 is 2.53 bits per heavy atom. The average molecular weight is 210 g/mol. The molecule has 0 amide bonds. The maximum absolute atomic E-state index is 13.4. The summed E-state index contributed by atoms with van der Waals surface area (Å²) in [5, 5.41) is 3.19. The van der Waals surface area contributed by atoms with Crippen LogP contribution in [0.4, 0.5) is 4.39 Å². The van der Waals surface area contributed by atoms with Crippen molar-refractivity contribution in [2.24, 2.45) is 0 Å². The zero-order valence-corrected chi connectivity index (χ0v) is 9.84. The quantitative estimate of drug-likeness (QED) is 0.817. The molecule has 1 rings (SSSR count). The largest absolute Gasteiger partial charge is 0.312 e. The maximum Gasteiger partial charge on any atom is 0.126 e. The summed E-state index contributed by atoms with van der Waals surface area (Å²) in [6.07, 6.45) is 0. The minimum Gasteiger partial charge on any atom is -0.312 e. The first-order valence-electron chi connectivity index (χ1n) is 5.12. The molecule has 0 radical (unpaired) electrons. The summed E-state index contributed by atoms with van der Waals surface area (Å²) in [5.41, 5.74) is 1.69. The van der Waals surface area contributed by atoms with E-state index in [1.165, 1.54) is 0 Å². The lowest BCUT2D eigenvalue weighted by atomic mass is 10.0. The van der Waals surface area contributed by atoms with E-state index in [4.69, 9.17) is 0 Å². The van der Waals surface area contributed by atoms with E-state index >= 15 is 0 Å². The van der Waals surface area contributed by atoms with Crippen molar-refractivity contribution in [3.8, 4) is 0 Å². The van der Waals surface area contributed by atoms with E-state index in [0.717, 1.165) is 12.1 Å². The van der Waals surface area contributed by atoms with Crippen LogP contribution in [0.25, 0.3) is 0 Å². The van der Waals surface area contributed by atoms with Gasteiger partial charge in [0.05, 0.1) is 0 Å². The van der Waals surface area contributed by atoms with Crippen molar-refractivity contribution in [3.63, 3.8) is 0 Å². The molecular weight excluding hydrogens is 191 g/mol. The van der Waals surface area contributed by atoms with E-state index < -0.39 is 0 Å². The Morgan fingerprint density at radius 1 is 1.40 bits per heavy atom. The highest BCUT2D eigenvalue weighted by Crippen LogP contribution is 2.16. The van der Waals surface area contributed by atoms with Crippen LogP contribution in [0.5, 0.6) is 0 Å². The predicted molar refractivity (Wildman–Crippen MR) is 61.5 cm³/mol. The third-order valence-corrected chi connectivity index (χ3v) is 2.49. The van der Waals surface area contributed by atoms with Crippen molar-refractivity contribution in [1.82, 2.24) is 10.2 Å². The molecule has 15 heavy (non-hydrogen) atoms. The summed E-state index contributed by atoms with van der Waals surface area (Å²) in [5.74, 6) is -0.133. The van der Waals surface area contributed by atoms with E-state index in [2.05, 4.69) is 10.2 Å². The Hall–Kier alpha value is -0.930. The summed E-state index contributed by atoms with van der Waals surface area (Å²) in [6.45, 7) is 2.64. The third kappa shape index (κ3) is 3.29. The Kier molecular flexibility index (Phi) is 4.24. The van der Waals surface area contributed by atoms with Gasteiger partial charge in [0, 0.05) is 12.6 Å². The van der Waals surface area contributed by atoms with Crippen LogP contribution >= 0.6 is 0 Å². The molecule has 3 heteroatoms. The van der Waals surface area contributed by atoms with Crippen LogP contribution in [0.1, 0.15) is 17.2 Å². The minimum absolute atomic E-state index is 0.133. The van der Waals surface area contributed by atoms with Gasteiger partial charge < -0.3 is 10.2 Å². The van der Waals surface area contributed by atoms with Crippen molar-refractivity contribution in [2.75, 3.05) is 27.7 Å². The average Bonchev–Trinajstić information content (AvgIpc) is 2.18. The second-order valence-corrected chi connectivity index (χ2v) is 4.11. The van der Waals surface area contributed by atoms with Crippen molar-refractivity contribution in [2.45, 2.75) is 13.0 Å². The number of rotatable bonds is 4. The molecule has 1 atom stereocenters. The van der Waals surface area contributed by atoms with Gasteiger partial charge in [-0.1, -0.05) is 12.1 Å². The summed E-state index contributed by atoms with van der Waals surface area (Å²) < 4.78 is 13.4. The molecule has 0 saturated heterocycles. The van der Waals surface area contributed by atoms with Gasteiger partial charge in [-0.15, -0.1) is 0 Å². The SMILES string of the molecule is CNC(CN(C)C)c1ccc(C)c(F)c1. The highest BCUT2D eigenvalue weighted by atomic mass is 19.1. The zero-order chi connectivity index (χ0) is 11.4. The molecule has 1 aromatic carbocycles. The molecule has 2 nitrogen and oxygen atoms in total. The maximum atomic E-state index is 13.4. The molecular formula is C12H19FN2. The van der Waals surface area contributed by atoms with Gasteiger partial charge in [-0.2, -0.15) is 0 Å². The van der Waals surface area contributed by atoms with E-state index in [1.54, 1.807) is 13.0 Å². The number of hydrogen-bond donors (Lipinski definition) is 1. The third-order valence-electron chi connectivity index (χ3n) is 2.49. The second-order valence-electron chi connectivity index (χ2n) is 4.11. The van der Waals surface area contributed by atoms with Crippen molar-refractivity contribution >= 4 is 0 Å². The fourth-order valence-electron chi connectivity index (χ4n) is 1.55. The van der Waals surface area contributed by atoms with E-state index in [9.17, 15) is 4.39 Å². The number of nitrogens with one attached hydrogen (secondary N) is 1. The fraction of sp³-hybridized carbons (Fsp3) is 0.500. The molecule has 0 bridgehead atoms. The molecule has 0 fully saturated rings. The fourth-order valence-corrected chi connectivity index (χ4v) is 1.55. The molecule has 0 heterocycles. The molecule has 0 saturated carbocycles. The van der Waals surface area contributed by atoms with Gasteiger partial charge >= 0.3 is 0 Å². The van der Waals surface area contributed by atoms with Crippen LogP contribution in [-0.2, 0) is 0 Å². The number of likely N-dealkylation sites (N-methyl/N-ethyl adjacent to an activating group) is 2. The van der Waals surface area contributed by atoms with E-state index in [0.29, 0.717) is 5.56 Å². The molecule has 84 valence electrons. The lowest BCUT2D eigenvalue weighted by Crippen LogP contribution is -2.28. The second kappa shape index (κ2) is 5.24. The van der Waals surface area contributed by atoms with Crippen LogP contribution in [0, 0.1) is 12.7 Å². The number of nitrogens with zero attached hydrogens (tertiary/aromatic N) is 1. The van der Waals surface area contributed by atoms with E-state index in [-0.39, 0.29) is 11.9 Å². The first-order chi connectivity index (χ1) is 7.04. The highest BCUT2D eigenvalue weighted by Gasteiger charge is 2.11. The van der Waals surface area contributed by atoms with Crippen molar-refractivity contribution < 1.29 is 4.39 Å². The summed E-state index contributed by atoms with van der Waals surface area (Å²) >= 11 is 0. The van der Waals surface area contributed by atoms with Gasteiger partial charge in [0.25, 0.3) is 0 Å². The standard InChI is InChI=1S/C12H19FN2/c1-9-5-6-10(7-11(9)13)12(14-2)8-15(3)4/h5-7,12,14H,8H2,1-4H3. The van der Waals surface area contributed by atoms with Gasteiger partial charge in [-0.3, -0.25) is 0 Å². The van der Waals surface area contributed by atoms with Gasteiger partial charge in [-0.05, 0) is 45.3 Å². The van der Waals surface area contributed by atoms with Gasteiger partial charge in [-0.25, -0.2) is 4.39 Å². The van der Waals surface area contributed by atoms with Gasteiger partial charge in [0.1, 0.15) is 5.82 Å². The summed E-state index contributed by atoms with van der Waals surface area (Å²) in [4.78, 5) is 2.08. The Balaban J connectivity index is 2.87. The molecule has 0 spiro atoms. The number of aryl methyl sites for hydroxylation is 1. The monoisotopic (exact) mass is 210 g/mol. The Morgan fingerprint density at radius 2 is 2.07 bits per heavy atom. The molecule has 0 aliphatic rings. The van der Waals surface area contributed by atoms with Crippen LogP contribution in [0.3, 0.4) is 0 Å². The van der Waals surface area contributed by atoms with Gasteiger partial charge in [0.2, 0.25) is 0 Å². The Bertz CT molecular complexity index is 323. The normalized spacial score (nSPS) is 13.2. The summed E-state index contributed by atoms with van der Waals surface area (Å²) in [7, 11) is 5.91. The van der Waals surface area contributed by atoms with Crippen molar-refractivity contribution in [1.29, 1.82) is 0 Å². The molecule has 0 aliphatic heterocycles. The molecule has 1 aromatic rings. The minimum atomic E-state index is -0.133. The topological polar surface area (TPSA) is 15.3 Å². The van der Waals surface area contributed by atoms with Crippen LogP contribution in [0.2, 0.25) is 0 Å². The van der Waals surface area contributed by atoms with Gasteiger partial charge in [0.15, 0.2) is 0 Å². The molecule has 0 aliphatic carbocycles. The smallest absolute Gasteiger partial charge is 0.126 e. The van der Waals surface area contributed by atoms with Crippen LogP contribution < -0.4 is 5.32 Å². The summed E-state index contributed by atoms with van der Waals surface area (Å²) in [6, 6.07) is 5.59. The van der Waals surface area contributed by atoms with Crippen molar-refractivity contribution in [3.05, 3.63) is 35.1 Å². The lowest BCUT2D eigenvalue weighted by molar-refractivity contribution is 0.352. The Labute approximate surface area is 91.1 Å². The predicted octanol–water partition coefficient (Wildman–Crippen LogP) is 1.96.